The fraction of sp³-hybridized carbons (Fsp3) is 0.250. The maximum atomic E-state index is 10.4. The van der Waals surface area contributed by atoms with Gasteiger partial charge in [0, 0.05) is 6.54 Å². The lowest BCUT2D eigenvalue weighted by Crippen LogP contribution is -2.24. The normalized spacial score (nSPS) is 12.5. The SMILES string of the molecule is Cc1ccc(C(O)CN(C)Cc2ncc(-c3ccccc3)[nH]2)cc1. The van der Waals surface area contributed by atoms with Crippen molar-refractivity contribution in [1.82, 2.24) is 14.9 Å². The van der Waals surface area contributed by atoms with Crippen LogP contribution in [0.1, 0.15) is 23.1 Å². The first kappa shape index (κ1) is 16.4. The van der Waals surface area contributed by atoms with Crippen LogP contribution in [0.5, 0.6) is 0 Å². The van der Waals surface area contributed by atoms with Gasteiger partial charge in [0.15, 0.2) is 0 Å². The van der Waals surface area contributed by atoms with Crippen LogP contribution in [0.15, 0.2) is 60.8 Å². The monoisotopic (exact) mass is 321 g/mol. The highest BCUT2D eigenvalue weighted by Gasteiger charge is 2.12. The molecule has 3 aromatic rings. The van der Waals surface area contributed by atoms with Gasteiger partial charge in [-0.2, -0.15) is 0 Å². The van der Waals surface area contributed by atoms with Gasteiger partial charge in [0.25, 0.3) is 0 Å². The van der Waals surface area contributed by atoms with Gasteiger partial charge in [-0.1, -0.05) is 60.2 Å². The molecule has 4 nitrogen and oxygen atoms in total. The van der Waals surface area contributed by atoms with Gasteiger partial charge in [-0.25, -0.2) is 4.98 Å². The Morgan fingerprint density at radius 3 is 2.50 bits per heavy atom. The average Bonchev–Trinajstić information content (AvgIpc) is 3.04. The number of aryl methyl sites for hydroxylation is 1. The molecule has 0 spiro atoms. The summed E-state index contributed by atoms with van der Waals surface area (Å²) in [6, 6.07) is 18.2. The summed E-state index contributed by atoms with van der Waals surface area (Å²) in [7, 11) is 1.99. The first-order valence-electron chi connectivity index (χ1n) is 8.14. The molecule has 1 atom stereocenters. The van der Waals surface area contributed by atoms with Gasteiger partial charge < -0.3 is 10.1 Å². The van der Waals surface area contributed by atoms with Crippen LogP contribution in [-0.2, 0) is 6.54 Å². The Kier molecular flexibility index (Phi) is 5.08. The largest absolute Gasteiger partial charge is 0.387 e. The van der Waals surface area contributed by atoms with E-state index in [4.69, 9.17) is 0 Å². The van der Waals surface area contributed by atoms with Crippen molar-refractivity contribution in [3.05, 3.63) is 77.7 Å². The summed E-state index contributed by atoms with van der Waals surface area (Å²) in [6.45, 7) is 3.27. The highest BCUT2D eigenvalue weighted by Crippen LogP contribution is 2.18. The third kappa shape index (κ3) is 4.10. The molecule has 4 heteroatoms. The highest BCUT2D eigenvalue weighted by molar-refractivity contribution is 5.57. The van der Waals surface area contributed by atoms with Gasteiger partial charge in [0.05, 0.1) is 24.5 Å². The topological polar surface area (TPSA) is 52.1 Å². The van der Waals surface area contributed by atoms with Crippen molar-refractivity contribution >= 4 is 0 Å². The second-order valence-corrected chi connectivity index (χ2v) is 6.23. The Labute approximate surface area is 142 Å². The highest BCUT2D eigenvalue weighted by atomic mass is 16.3. The minimum atomic E-state index is -0.501. The molecule has 3 rings (SSSR count). The summed E-state index contributed by atoms with van der Waals surface area (Å²) in [5.41, 5.74) is 4.27. The molecule has 124 valence electrons. The van der Waals surface area contributed by atoms with E-state index in [1.54, 1.807) is 0 Å². The number of likely N-dealkylation sites (N-methyl/N-ethyl adjacent to an activating group) is 1. The lowest BCUT2D eigenvalue weighted by Gasteiger charge is -2.20. The lowest BCUT2D eigenvalue weighted by molar-refractivity contribution is 0.122. The Balaban J connectivity index is 1.60. The molecular formula is C20H23N3O. The second kappa shape index (κ2) is 7.43. The zero-order valence-corrected chi connectivity index (χ0v) is 14.1. The minimum Gasteiger partial charge on any atom is -0.387 e. The van der Waals surface area contributed by atoms with E-state index in [9.17, 15) is 5.11 Å². The van der Waals surface area contributed by atoms with Crippen LogP contribution in [0, 0.1) is 6.92 Å². The molecule has 0 aliphatic rings. The number of hydrogen-bond donors (Lipinski definition) is 2. The van der Waals surface area contributed by atoms with Crippen LogP contribution in [0.2, 0.25) is 0 Å². The Hall–Kier alpha value is -2.43. The first-order valence-corrected chi connectivity index (χ1v) is 8.14. The zero-order chi connectivity index (χ0) is 16.9. The maximum Gasteiger partial charge on any atom is 0.120 e. The summed E-state index contributed by atoms with van der Waals surface area (Å²) < 4.78 is 0. The summed E-state index contributed by atoms with van der Waals surface area (Å²) in [6.07, 6.45) is 1.36. The van der Waals surface area contributed by atoms with Gasteiger partial charge in [0.2, 0.25) is 0 Å². The van der Waals surface area contributed by atoms with Crippen LogP contribution >= 0.6 is 0 Å². The molecular weight excluding hydrogens is 298 g/mol. The number of rotatable bonds is 6. The molecule has 0 aliphatic heterocycles. The van der Waals surface area contributed by atoms with Crippen molar-refractivity contribution in [3.63, 3.8) is 0 Å². The Bertz CT molecular complexity index is 765. The smallest absolute Gasteiger partial charge is 0.120 e. The van der Waals surface area contributed by atoms with E-state index in [1.807, 2.05) is 62.6 Å². The predicted molar refractivity (Wildman–Crippen MR) is 96.5 cm³/mol. The number of aliphatic hydroxyl groups is 1. The molecule has 0 amide bonds. The van der Waals surface area contributed by atoms with Crippen molar-refractivity contribution < 1.29 is 5.11 Å². The van der Waals surface area contributed by atoms with Gasteiger partial charge in [-0.15, -0.1) is 0 Å². The van der Waals surface area contributed by atoms with E-state index in [2.05, 4.69) is 27.0 Å². The fourth-order valence-electron chi connectivity index (χ4n) is 2.72. The van der Waals surface area contributed by atoms with E-state index >= 15 is 0 Å². The van der Waals surface area contributed by atoms with E-state index in [-0.39, 0.29) is 0 Å². The molecule has 1 aromatic heterocycles. The van der Waals surface area contributed by atoms with E-state index < -0.39 is 6.10 Å². The molecule has 1 heterocycles. The summed E-state index contributed by atoms with van der Waals surface area (Å²) in [4.78, 5) is 9.86. The number of hydrogen-bond acceptors (Lipinski definition) is 3. The predicted octanol–water partition coefficient (Wildman–Crippen LogP) is 3.55. The number of benzene rings is 2. The van der Waals surface area contributed by atoms with Crippen molar-refractivity contribution in [3.8, 4) is 11.3 Å². The number of aromatic amines is 1. The molecule has 2 aromatic carbocycles. The van der Waals surface area contributed by atoms with Crippen LogP contribution in [0.25, 0.3) is 11.3 Å². The van der Waals surface area contributed by atoms with Crippen LogP contribution < -0.4 is 0 Å². The van der Waals surface area contributed by atoms with Gasteiger partial charge in [0.1, 0.15) is 5.82 Å². The third-order valence-electron chi connectivity index (χ3n) is 4.08. The van der Waals surface area contributed by atoms with Crippen LogP contribution in [-0.4, -0.2) is 33.6 Å². The molecule has 0 bridgehead atoms. The van der Waals surface area contributed by atoms with E-state index in [0.29, 0.717) is 13.1 Å². The van der Waals surface area contributed by atoms with E-state index in [1.165, 1.54) is 5.56 Å². The van der Waals surface area contributed by atoms with Crippen LogP contribution in [0.3, 0.4) is 0 Å². The van der Waals surface area contributed by atoms with Gasteiger partial charge in [-0.3, -0.25) is 4.90 Å². The Morgan fingerprint density at radius 2 is 1.79 bits per heavy atom. The quantitative estimate of drug-likeness (QED) is 0.730. The molecule has 0 saturated heterocycles. The summed E-state index contributed by atoms with van der Waals surface area (Å²) >= 11 is 0. The first-order chi connectivity index (χ1) is 11.6. The number of imidazole rings is 1. The van der Waals surface area contributed by atoms with Crippen molar-refractivity contribution in [2.75, 3.05) is 13.6 Å². The standard InChI is InChI=1S/C20H23N3O/c1-15-8-10-17(11-9-15)19(24)13-23(2)14-20-21-12-18(22-20)16-6-4-3-5-7-16/h3-12,19,24H,13-14H2,1-2H3,(H,21,22). The minimum absolute atomic E-state index is 0.501. The summed E-state index contributed by atoms with van der Waals surface area (Å²) in [5.74, 6) is 0.896. The molecule has 0 aliphatic carbocycles. The molecule has 2 N–H and O–H groups in total. The number of nitrogens with zero attached hydrogens (tertiary/aromatic N) is 2. The Morgan fingerprint density at radius 1 is 1.08 bits per heavy atom. The molecule has 0 fully saturated rings. The van der Waals surface area contributed by atoms with Crippen molar-refractivity contribution in [2.24, 2.45) is 0 Å². The molecule has 0 radical (unpaired) electrons. The average molecular weight is 321 g/mol. The van der Waals surface area contributed by atoms with Gasteiger partial charge in [-0.05, 0) is 25.1 Å². The summed E-state index contributed by atoms with van der Waals surface area (Å²) in [5, 5.41) is 10.4. The number of aromatic nitrogens is 2. The van der Waals surface area contributed by atoms with E-state index in [0.717, 1.165) is 22.6 Å². The maximum absolute atomic E-state index is 10.4. The molecule has 1 unspecified atom stereocenters. The van der Waals surface area contributed by atoms with Crippen LogP contribution in [0.4, 0.5) is 0 Å². The molecule has 24 heavy (non-hydrogen) atoms. The second-order valence-electron chi connectivity index (χ2n) is 6.23. The fourth-order valence-corrected chi connectivity index (χ4v) is 2.72. The lowest BCUT2D eigenvalue weighted by atomic mass is 10.1. The third-order valence-corrected chi connectivity index (χ3v) is 4.08. The van der Waals surface area contributed by atoms with Crippen molar-refractivity contribution in [1.29, 1.82) is 0 Å². The van der Waals surface area contributed by atoms with Gasteiger partial charge >= 0.3 is 0 Å². The number of nitrogens with one attached hydrogen (secondary N) is 1. The number of aliphatic hydroxyl groups excluding tert-OH is 1. The number of H-pyrrole nitrogens is 1. The zero-order valence-electron chi connectivity index (χ0n) is 14.1. The van der Waals surface area contributed by atoms with Crippen molar-refractivity contribution in [2.45, 2.75) is 19.6 Å². The molecule has 0 saturated carbocycles.